The fourth-order valence-electron chi connectivity index (χ4n) is 2.23. The van der Waals surface area contributed by atoms with Crippen molar-refractivity contribution < 1.29 is 4.79 Å². The Morgan fingerprint density at radius 2 is 1.80 bits per heavy atom. The monoisotopic (exact) mass is 276 g/mol. The largest absolute Gasteiger partial charge is 0.399 e. The molecule has 3 heteroatoms. The van der Waals surface area contributed by atoms with Crippen LogP contribution < -0.4 is 11.1 Å². The van der Waals surface area contributed by atoms with Crippen LogP contribution in [0.2, 0.25) is 0 Å². The molecule has 0 atom stereocenters. The summed E-state index contributed by atoms with van der Waals surface area (Å²) in [6.07, 6.45) is 9.30. The Labute approximate surface area is 122 Å². The van der Waals surface area contributed by atoms with Gasteiger partial charge in [-0.2, -0.15) is 0 Å². The van der Waals surface area contributed by atoms with Crippen LogP contribution in [0, 0.1) is 0 Å². The third kappa shape index (κ3) is 7.82. The first-order valence-electron chi connectivity index (χ1n) is 7.83. The van der Waals surface area contributed by atoms with Gasteiger partial charge in [0.2, 0.25) is 5.91 Å². The minimum absolute atomic E-state index is 0.140. The van der Waals surface area contributed by atoms with Gasteiger partial charge in [-0.1, -0.05) is 57.6 Å². The van der Waals surface area contributed by atoms with Crippen molar-refractivity contribution in [3.8, 4) is 0 Å². The predicted octanol–water partition coefficient (Wildman–Crippen LogP) is 4.03. The number of hydrogen-bond donors (Lipinski definition) is 2. The van der Waals surface area contributed by atoms with Crippen molar-refractivity contribution in [2.45, 2.75) is 64.8 Å². The van der Waals surface area contributed by atoms with Crippen LogP contribution in [0.4, 0.5) is 5.69 Å². The van der Waals surface area contributed by atoms with Crippen LogP contribution >= 0.6 is 0 Å². The van der Waals surface area contributed by atoms with Crippen LogP contribution in [0.3, 0.4) is 0 Å². The van der Waals surface area contributed by atoms with E-state index >= 15 is 0 Å². The predicted molar refractivity (Wildman–Crippen MR) is 85.3 cm³/mol. The van der Waals surface area contributed by atoms with E-state index in [1.807, 2.05) is 24.3 Å². The number of amides is 1. The summed E-state index contributed by atoms with van der Waals surface area (Å²) in [5.41, 5.74) is 7.49. The summed E-state index contributed by atoms with van der Waals surface area (Å²) >= 11 is 0. The molecule has 1 rings (SSSR count). The smallest absolute Gasteiger partial charge is 0.220 e. The van der Waals surface area contributed by atoms with Gasteiger partial charge in [-0.05, 0) is 24.1 Å². The molecule has 0 saturated heterocycles. The molecule has 0 heterocycles. The van der Waals surface area contributed by atoms with Crippen molar-refractivity contribution in [3.63, 3.8) is 0 Å². The van der Waals surface area contributed by atoms with E-state index in [4.69, 9.17) is 5.73 Å². The van der Waals surface area contributed by atoms with Gasteiger partial charge < -0.3 is 11.1 Å². The molecule has 1 amide bonds. The van der Waals surface area contributed by atoms with Gasteiger partial charge >= 0.3 is 0 Å². The molecule has 0 spiro atoms. The first-order valence-corrected chi connectivity index (χ1v) is 7.83. The lowest BCUT2D eigenvalue weighted by Crippen LogP contribution is -2.22. The van der Waals surface area contributed by atoms with Crippen molar-refractivity contribution in [1.29, 1.82) is 0 Å². The van der Waals surface area contributed by atoms with Gasteiger partial charge in [-0.3, -0.25) is 4.79 Å². The topological polar surface area (TPSA) is 55.1 Å². The zero-order valence-electron chi connectivity index (χ0n) is 12.7. The molecule has 0 aliphatic carbocycles. The quantitative estimate of drug-likeness (QED) is 0.501. The fourth-order valence-corrected chi connectivity index (χ4v) is 2.23. The van der Waals surface area contributed by atoms with Crippen molar-refractivity contribution >= 4 is 11.6 Å². The van der Waals surface area contributed by atoms with E-state index in [0.717, 1.165) is 24.1 Å². The summed E-state index contributed by atoms with van der Waals surface area (Å²) < 4.78 is 0. The van der Waals surface area contributed by atoms with Gasteiger partial charge in [0.1, 0.15) is 0 Å². The Kier molecular flexibility index (Phi) is 8.52. The number of hydrogen-bond acceptors (Lipinski definition) is 2. The molecular weight excluding hydrogens is 248 g/mol. The molecular formula is C17H28N2O. The van der Waals surface area contributed by atoms with E-state index in [9.17, 15) is 4.79 Å². The maximum Gasteiger partial charge on any atom is 0.220 e. The highest BCUT2D eigenvalue weighted by Crippen LogP contribution is 2.09. The van der Waals surface area contributed by atoms with Crippen LogP contribution in [0.25, 0.3) is 0 Å². The maximum atomic E-state index is 11.7. The van der Waals surface area contributed by atoms with E-state index in [2.05, 4.69) is 12.2 Å². The van der Waals surface area contributed by atoms with Gasteiger partial charge in [0.15, 0.2) is 0 Å². The molecule has 0 aliphatic rings. The number of benzene rings is 1. The Morgan fingerprint density at radius 3 is 2.50 bits per heavy atom. The molecule has 20 heavy (non-hydrogen) atoms. The van der Waals surface area contributed by atoms with Crippen LogP contribution in [0.15, 0.2) is 24.3 Å². The van der Waals surface area contributed by atoms with Crippen molar-refractivity contribution in [2.75, 3.05) is 5.73 Å². The summed E-state index contributed by atoms with van der Waals surface area (Å²) in [6, 6.07) is 7.63. The molecule has 0 aliphatic heterocycles. The first kappa shape index (κ1) is 16.5. The molecule has 0 fully saturated rings. The molecule has 3 nitrogen and oxygen atoms in total. The highest BCUT2D eigenvalue weighted by atomic mass is 16.1. The molecule has 112 valence electrons. The highest BCUT2D eigenvalue weighted by Gasteiger charge is 2.01. The third-order valence-electron chi connectivity index (χ3n) is 3.45. The molecule has 1 aromatic carbocycles. The maximum absolute atomic E-state index is 11.7. The summed E-state index contributed by atoms with van der Waals surface area (Å²) in [7, 11) is 0. The summed E-state index contributed by atoms with van der Waals surface area (Å²) in [6.45, 7) is 2.80. The third-order valence-corrected chi connectivity index (χ3v) is 3.45. The minimum atomic E-state index is 0.140. The van der Waals surface area contributed by atoms with E-state index in [1.54, 1.807) is 0 Å². The second-order valence-electron chi connectivity index (χ2n) is 5.39. The van der Waals surface area contributed by atoms with Crippen molar-refractivity contribution in [1.82, 2.24) is 5.32 Å². The minimum Gasteiger partial charge on any atom is -0.399 e. The molecule has 0 unspecified atom stereocenters. The number of unbranched alkanes of at least 4 members (excludes halogenated alkanes) is 6. The highest BCUT2D eigenvalue weighted by molar-refractivity contribution is 5.75. The van der Waals surface area contributed by atoms with Gasteiger partial charge in [0, 0.05) is 18.7 Å². The Morgan fingerprint density at radius 1 is 1.10 bits per heavy atom. The number of nitrogen functional groups attached to an aromatic ring is 1. The van der Waals surface area contributed by atoms with Crippen molar-refractivity contribution in [3.05, 3.63) is 29.8 Å². The Balaban J connectivity index is 2.03. The van der Waals surface area contributed by atoms with E-state index in [-0.39, 0.29) is 5.91 Å². The number of anilines is 1. The summed E-state index contributed by atoms with van der Waals surface area (Å²) in [5.74, 6) is 0.140. The van der Waals surface area contributed by atoms with Crippen LogP contribution in [0.5, 0.6) is 0 Å². The standard InChI is InChI=1S/C17H28N2O/c1-2-3-4-5-6-7-8-12-17(20)19-14-15-10-9-11-16(18)13-15/h9-11,13H,2-8,12,14,18H2,1H3,(H,19,20). The molecule has 1 aromatic rings. The number of carbonyl (C=O) groups excluding carboxylic acids is 1. The van der Waals surface area contributed by atoms with Crippen LogP contribution in [-0.2, 0) is 11.3 Å². The lowest BCUT2D eigenvalue weighted by Gasteiger charge is -2.06. The second kappa shape index (κ2) is 10.3. The lowest BCUT2D eigenvalue weighted by atomic mass is 10.1. The SMILES string of the molecule is CCCCCCCCCC(=O)NCc1cccc(N)c1. The zero-order chi connectivity index (χ0) is 14.6. The molecule has 0 aromatic heterocycles. The van der Waals surface area contributed by atoms with E-state index < -0.39 is 0 Å². The summed E-state index contributed by atoms with van der Waals surface area (Å²) in [5, 5.41) is 2.94. The molecule has 0 bridgehead atoms. The second-order valence-corrected chi connectivity index (χ2v) is 5.39. The van der Waals surface area contributed by atoms with E-state index in [0.29, 0.717) is 13.0 Å². The average Bonchev–Trinajstić information content (AvgIpc) is 2.44. The van der Waals surface area contributed by atoms with Crippen LogP contribution in [0.1, 0.15) is 63.9 Å². The molecule has 0 radical (unpaired) electrons. The average molecular weight is 276 g/mol. The van der Waals surface area contributed by atoms with Gasteiger partial charge in [0.05, 0.1) is 0 Å². The lowest BCUT2D eigenvalue weighted by molar-refractivity contribution is -0.121. The van der Waals surface area contributed by atoms with Gasteiger partial charge in [-0.15, -0.1) is 0 Å². The Hall–Kier alpha value is -1.51. The Bertz CT molecular complexity index is 390. The van der Waals surface area contributed by atoms with E-state index in [1.165, 1.54) is 32.1 Å². The molecule has 0 saturated carbocycles. The number of nitrogens with one attached hydrogen (secondary N) is 1. The zero-order valence-corrected chi connectivity index (χ0v) is 12.7. The summed E-state index contributed by atoms with van der Waals surface area (Å²) in [4.78, 5) is 11.7. The normalized spacial score (nSPS) is 10.4. The van der Waals surface area contributed by atoms with Gasteiger partial charge in [0.25, 0.3) is 0 Å². The fraction of sp³-hybridized carbons (Fsp3) is 0.588. The van der Waals surface area contributed by atoms with Crippen molar-refractivity contribution in [2.24, 2.45) is 0 Å². The molecule has 3 N–H and O–H groups in total. The number of nitrogens with two attached hydrogens (primary N) is 1. The number of rotatable bonds is 10. The van der Waals surface area contributed by atoms with Crippen LogP contribution in [-0.4, -0.2) is 5.91 Å². The number of carbonyl (C=O) groups is 1. The van der Waals surface area contributed by atoms with Gasteiger partial charge in [-0.25, -0.2) is 0 Å². The first-order chi connectivity index (χ1) is 9.72.